The Bertz CT molecular complexity index is 639. The molecule has 1 saturated carbocycles. The minimum absolute atomic E-state index is 0.250. The van der Waals surface area contributed by atoms with Crippen LogP contribution in [0, 0.1) is 12.8 Å². The van der Waals surface area contributed by atoms with Gasteiger partial charge in [0, 0.05) is 31.4 Å². The van der Waals surface area contributed by atoms with E-state index in [1.54, 1.807) is 6.33 Å². The van der Waals surface area contributed by atoms with Crippen LogP contribution in [0.4, 0.5) is 0 Å². The van der Waals surface area contributed by atoms with E-state index in [0.717, 1.165) is 50.3 Å². The van der Waals surface area contributed by atoms with Crippen LogP contribution in [0.15, 0.2) is 24.7 Å². The molecule has 2 aromatic heterocycles. The average Bonchev–Trinajstić information content (AvgIpc) is 3.15. The first-order valence-electron chi connectivity index (χ1n) is 8.77. The second-order valence-electron chi connectivity index (χ2n) is 6.91. The molecule has 3 rings (SSSR count). The third-order valence-electron chi connectivity index (χ3n) is 4.97. The lowest BCUT2D eigenvalue weighted by Gasteiger charge is -2.15. The third kappa shape index (κ3) is 4.19. The van der Waals surface area contributed by atoms with Gasteiger partial charge >= 0.3 is 0 Å². The van der Waals surface area contributed by atoms with Crippen LogP contribution in [0.25, 0.3) is 0 Å². The van der Waals surface area contributed by atoms with Gasteiger partial charge in [-0.2, -0.15) is 0 Å². The molecule has 2 heterocycles. The first-order valence-corrected chi connectivity index (χ1v) is 8.77. The highest BCUT2D eigenvalue weighted by atomic mass is 16.3. The molecule has 1 aliphatic rings. The summed E-state index contributed by atoms with van der Waals surface area (Å²) in [7, 11) is 1.97. The SMILES string of the molecule is Cc1ccc(CCCNC[C@H]2C[C@H](c3nncn3C)C[C@H]2O)cn1. The summed E-state index contributed by atoms with van der Waals surface area (Å²) in [6, 6.07) is 4.21. The Kier molecular flexibility index (Phi) is 5.58. The van der Waals surface area contributed by atoms with E-state index in [1.165, 1.54) is 5.56 Å². The van der Waals surface area contributed by atoms with Gasteiger partial charge in [-0.05, 0) is 56.7 Å². The maximum absolute atomic E-state index is 10.3. The standard InChI is InChI=1S/C18H27N5O/c1-13-5-6-14(10-20-13)4-3-7-19-11-16-8-15(9-17(16)24)18-22-21-12-23(18)2/h5-6,10,12,15-17,19,24H,3-4,7-9,11H2,1-2H3/t15-,16+,17+/m0/s1. The molecule has 0 spiro atoms. The van der Waals surface area contributed by atoms with E-state index in [-0.39, 0.29) is 6.10 Å². The van der Waals surface area contributed by atoms with E-state index < -0.39 is 0 Å². The number of pyridine rings is 1. The number of nitrogens with one attached hydrogen (secondary N) is 1. The van der Waals surface area contributed by atoms with Crippen molar-refractivity contribution in [3.8, 4) is 0 Å². The molecule has 0 saturated heterocycles. The minimum Gasteiger partial charge on any atom is -0.393 e. The molecule has 2 N–H and O–H groups in total. The minimum atomic E-state index is -0.250. The highest BCUT2D eigenvalue weighted by Gasteiger charge is 2.35. The van der Waals surface area contributed by atoms with Crippen molar-refractivity contribution in [3.05, 3.63) is 41.7 Å². The van der Waals surface area contributed by atoms with Crippen LogP contribution in [-0.4, -0.2) is 44.0 Å². The van der Waals surface area contributed by atoms with Gasteiger partial charge in [-0.3, -0.25) is 4.98 Å². The molecule has 0 radical (unpaired) electrons. The normalized spacial score (nSPS) is 23.7. The van der Waals surface area contributed by atoms with Gasteiger partial charge in [0.2, 0.25) is 0 Å². The van der Waals surface area contributed by atoms with Crippen LogP contribution in [0.3, 0.4) is 0 Å². The maximum Gasteiger partial charge on any atom is 0.135 e. The quantitative estimate of drug-likeness (QED) is 0.755. The predicted octanol–water partition coefficient (Wildman–Crippen LogP) is 1.60. The van der Waals surface area contributed by atoms with Crippen molar-refractivity contribution in [1.29, 1.82) is 0 Å². The molecule has 0 unspecified atom stereocenters. The molecule has 6 heteroatoms. The first-order chi connectivity index (χ1) is 11.6. The summed E-state index contributed by atoms with van der Waals surface area (Å²) >= 11 is 0. The van der Waals surface area contributed by atoms with Crippen molar-refractivity contribution in [1.82, 2.24) is 25.1 Å². The van der Waals surface area contributed by atoms with Crippen LogP contribution >= 0.6 is 0 Å². The summed E-state index contributed by atoms with van der Waals surface area (Å²) in [6.45, 7) is 3.83. The summed E-state index contributed by atoms with van der Waals surface area (Å²) in [5.41, 5.74) is 2.34. The number of aliphatic hydroxyl groups excluding tert-OH is 1. The van der Waals surface area contributed by atoms with Crippen LogP contribution in [0.1, 0.15) is 42.3 Å². The lowest BCUT2D eigenvalue weighted by molar-refractivity contribution is 0.131. The summed E-state index contributed by atoms with van der Waals surface area (Å²) in [6.07, 6.45) is 7.32. The highest BCUT2D eigenvalue weighted by molar-refractivity contribution is 5.13. The lowest BCUT2D eigenvalue weighted by Crippen LogP contribution is -2.28. The van der Waals surface area contributed by atoms with Crippen molar-refractivity contribution in [2.24, 2.45) is 13.0 Å². The Morgan fingerprint density at radius 3 is 2.92 bits per heavy atom. The Morgan fingerprint density at radius 2 is 2.21 bits per heavy atom. The van der Waals surface area contributed by atoms with Crippen molar-refractivity contribution in [2.75, 3.05) is 13.1 Å². The van der Waals surface area contributed by atoms with Crippen molar-refractivity contribution >= 4 is 0 Å². The summed E-state index contributed by atoms with van der Waals surface area (Å²) in [5.74, 6) is 1.61. The topological polar surface area (TPSA) is 75.9 Å². The maximum atomic E-state index is 10.3. The van der Waals surface area contributed by atoms with Crippen molar-refractivity contribution in [3.63, 3.8) is 0 Å². The largest absolute Gasteiger partial charge is 0.393 e. The van der Waals surface area contributed by atoms with E-state index in [4.69, 9.17) is 0 Å². The van der Waals surface area contributed by atoms with Gasteiger partial charge in [0.25, 0.3) is 0 Å². The molecule has 3 atom stereocenters. The van der Waals surface area contributed by atoms with Gasteiger partial charge in [0.05, 0.1) is 6.10 Å². The zero-order valence-electron chi connectivity index (χ0n) is 14.5. The first kappa shape index (κ1) is 17.0. The number of aliphatic hydroxyl groups is 1. The summed E-state index contributed by atoms with van der Waals surface area (Å²) < 4.78 is 1.96. The molecule has 1 aliphatic carbocycles. The zero-order chi connectivity index (χ0) is 16.9. The number of nitrogens with zero attached hydrogens (tertiary/aromatic N) is 4. The number of hydrogen-bond acceptors (Lipinski definition) is 5. The number of rotatable bonds is 7. The van der Waals surface area contributed by atoms with Gasteiger partial charge < -0.3 is 15.0 Å². The molecular weight excluding hydrogens is 302 g/mol. The molecule has 6 nitrogen and oxygen atoms in total. The molecule has 1 fully saturated rings. The fourth-order valence-electron chi connectivity index (χ4n) is 3.55. The van der Waals surface area contributed by atoms with Gasteiger partial charge in [-0.15, -0.1) is 10.2 Å². The van der Waals surface area contributed by atoms with Crippen molar-refractivity contribution in [2.45, 2.75) is 44.6 Å². The Labute approximate surface area is 143 Å². The van der Waals surface area contributed by atoms with E-state index >= 15 is 0 Å². The molecule has 0 aliphatic heterocycles. The molecule has 0 bridgehead atoms. The average molecular weight is 329 g/mol. The monoisotopic (exact) mass is 329 g/mol. The van der Waals surface area contributed by atoms with Gasteiger partial charge in [-0.1, -0.05) is 6.07 Å². The third-order valence-corrected chi connectivity index (χ3v) is 4.97. The van der Waals surface area contributed by atoms with Gasteiger partial charge in [-0.25, -0.2) is 0 Å². The molecule has 0 aromatic carbocycles. The molecule has 2 aromatic rings. The van der Waals surface area contributed by atoms with E-state index in [2.05, 4.69) is 32.6 Å². The fourth-order valence-corrected chi connectivity index (χ4v) is 3.55. The van der Waals surface area contributed by atoms with Crippen LogP contribution in [-0.2, 0) is 13.5 Å². The van der Waals surface area contributed by atoms with Crippen LogP contribution in [0.5, 0.6) is 0 Å². The van der Waals surface area contributed by atoms with Gasteiger partial charge in [0.15, 0.2) is 0 Å². The smallest absolute Gasteiger partial charge is 0.135 e. The van der Waals surface area contributed by atoms with E-state index in [0.29, 0.717) is 11.8 Å². The fraction of sp³-hybridized carbons (Fsp3) is 0.611. The molecule has 0 amide bonds. The summed E-state index contributed by atoms with van der Waals surface area (Å²) in [5, 5.41) is 21.9. The number of aryl methyl sites for hydroxylation is 3. The lowest BCUT2D eigenvalue weighted by atomic mass is 10.0. The highest BCUT2D eigenvalue weighted by Crippen LogP contribution is 2.37. The van der Waals surface area contributed by atoms with Crippen LogP contribution < -0.4 is 5.32 Å². The summed E-state index contributed by atoms with van der Waals surface area (Å²) in [4.78, 5) is 4.32. The van der Waals surface area contributed by atoms with Crippen molar-refractivity contribution < 1.29 is 5.11 Å². The predicted molar refractivity (Wildman–Crippen MR) is 92.6 cm³/mol. The zero-order valence-corrected chi connectivity index (χ0v) is 14.5. The number of hydrogen-bond donors (Lipinski definition) is 2. The van der Waals surface area contributed by atoms with E-state index in [1.807, 2.05) is 24.7 Å². The molecule has 24 heavy (non-hydrogen) atoms. The Balaban J connectivity index is 1.37. The second kappa shape index (κ2) is 7.85. The van der Waals surface area contributed by atoms with Crippen LogP contribution in [0.2, 0.25) is 0 Å². The Hall–Kier alpha value is -1.79. The second-order valence-corrected chi connectivity index (χ2v) is 6.91. The van der Waals surface area contributed by atoms with E-state index in [9.17, 15) is 5.11 Å². The Morgan fingerprint density at radius 1 is 1.33 bits per heavy atom. The number of aromatic nitrogens is 4. The van der Waals surface area contributed by atoms with Gasteiger partial charge in [0.1, 0.15) is 12.2 Å². The molecular formula is C18H27N5O. The molecule has 130 valence electrons.